The van der Waals surface area contributed by atoms with Crippen LogP contribution in [0.1, 0.15) is 32.6 Å². The van der Waals surface area contributed by atoms with Gasteiger partial charge in [-0.2, -0.15) is 0 Å². The number of hydrogen-bond donors (Lipinski definition) is 0. The quantitative estimate of drug-likeness (QED) is 0.382. The van der Waals surface area contributed by atoms with E-state index in [9.17, 15) is 0 Å². The lowest BCUT2D eigenvalue weighted by atomic mass is 10.2. The van der Waals surface area contributed by atoms with E-state index in [1.165, 1.54) is 19.3 Å². The third kappa shape index (κ3) is 10.8. The Morgan fingerprint density at radius 2 is 1.86 bits per heavy atom. The third-order valence-electron chi connectivity index (χ3n) is 0.854. The van der Waals surface area contributed by atoms with Gasteiger partial charge in [-0.3, -0.25) is 0 Å². The van der Waals surface area contributed by atoms with Crippen molar-refractivity contribution in [2.45, 2.75) is 32.6 Å². The first-order valence-corrected chi connectivity index (χ1v) is 2.71. The van der Waals surface area contributed by atoms with Crippen molar-refractivity contribution in [3.8, 4) is 0 Å². The van der Waals surface area contributed by atoms with Gasteiger partial charge in [-0.1, -0.05) is 39.5 Å². The van der Waals surface area contributed by atoms with Gasteiger partial charge in [0.1, 0.15) is 0 Å². The van der Waals surface area contributed by atoms with Crippen LogP contribution in [-0.4, -0.2) is 23.1 Å². The van der Waals surface area contributed by atoms with Crippen LogP contribution in [0, 0.1) is 6.92 Å². The van der Waals surface area contributed by atoms with E-state index < -0.39 is 0 Å². The molecule has 0 rings (SSSR count). The molecule has 0 aliphatic heterocycles. The SMILES string of the molecule is [CH2]CCCCC.[MgH2]. The van der Waals surface area contributed by atoms with E-state index in [1.54, 1.807) is 0 Å². The zero-order chi connectivity index (χ0) is 4.83. The highest BCUT2D eigenvalue weighted by atomic mass is 24.3. The molecular weight excluding hydrogens is 96.4 g/mol. The maximum Gasteiger partial charge on any atom is 0.316 e. The minimum atomic E-state index is 0. The van der Waals surface area contributed by atoms with Gasteiger partial charge in [-0.05, 0) is 0 Å². The Bertz CT molecular complexity index is 16.1. The average Bonchev–Trinajstić information content (AvgIpc) is 1.61. The number of hydrogen-bond acceptors (Lipinski definition) is 0. The van der Waals surface area contributed by atoms with Crippen LogP contribution >= 0.6 is 0 Å². The third-order valence-corrected chi connectivity index (χ3v) is 0.854. The Labute approximate surface area is 62.8 Å². The van der Waals surface area contributed by atoms with E-state index in [4.69, 9.17) is 0 Å². The fourth-order valence-electron chi connectivity index (χ4n) is 0.427. The van der Waals surface area contributed by atoms with Crippen molar-refractivity contribution in [2.75, 3.05) is 0 Å². The molecule has 0 unspecified atom stereocenters. The Kier molecular flexibility index (Phi) is 15.1. The molecule has 1 heteroatoms. The highest BCUT2D eigenvalue weighted by molar-refractivity contribution is 5.75. The minimum absolute atomic E-state index is 0. The summed E-state index contributed by atoms with van der Waals surface area (Å²) in [5.41, 5.74) is 0. The van der Waals surface area contributed by atoms with E-state index in [1.807, 2.05) is 0 Å². The van der Waals surface area contributed by atoms with E-state index in [0.717, 1.165) is 6.42 Å². The predicted molar refractivity (Wildman–Crippen MR) is 38.0 cm³/mol. The maximum atomic E-state index is 3.72. The summed E-state index contributed by atoms with van der Waals surface area (Å²) in [4.78, 5) is 0. The lowest BCUT2D eigenvalue weighted by Crippen LogP contribution is -1.66. The summed E-state index contributed by atoms with van der Waals surface area (Å²) >= 11 is 0. The second kappa shape index (κ2) is 9.90. The van der Waals surface area contributed by atoms with Crippen LogP contribution in [-0.2, 0) is 0 Å². The molecule has 0 fully saturated rings. The van der Waals surface area contributed by atoms with E-state index in [-0.39, 0.29) is 23.1 Å². The standard InChI is InChI=1S/C6H13.Mg.2H/c1-3-5-6-4-2;;;/h1,3-6H2,2H3;;;. The van der Waals surface area contributed by atoms with Gasteiger partial charge in [0.25, 0.3) is 0 Å². The molecule has 0 saturated carbocycles. The predicted octanol–water partition coefficient (Wildman–Crippen LogP) is 1.48. The summed E-state index contributed by atoms with van der Waals surface area (Å²) in [6, 6.07) is 0. The van der Waals surface area contributed by atoms with Crippen molar-refractivity contribution in [1.29, 1.82) is 0 Å². The lowest BCUT2D eigenvalue weighted by Gasteiger charge is -1.86. The van der Waals surface area contributed by atoms with Crippen molar-refractivity contribution in [2.24, 2.45) is 0 Å². The van der Waals surface area contributed by atoms with Crippen molar-refractivity contribution in [1.82, 2.24) is 0 Å². The van der Waals surface area contributed by atoms with Gasteiger partial charge in [0.2, 0.25) is 0 Å². The molecular formula is C6H15Mg. The van der Waals surface area contributed by atoms with E-state index in [0.29, 0.717) is 0 Å². The van der Waals surface area contributed by atoms with Gasteiger partial charge in [0, 0.05) is 0 Å². The molecule has 1 radical (unpaired) electrons. The fraction of sp³-hybridized carbons (Fsp3) is 0.833. The molecule has 0 aromatic rings. The van der Waals surface area contributed by atoms with Gasteiger partial charge >= 0.3 is 23.1 Å². The molecule has 0 aromatic carbocycles. The minimum Gasteiger partial charge on any atom is -0.0654 e. The first kappa shape index (κ1) is 10.7. The smallest absolute Gasteiger partial charge is 0.0654 e. The van der Waals surface area contributed by atoms with Gasteiger partial charge < -0.3 is 0 Å². The van der Waals surface area contributed by atoms with Crippen LogP contribution in [0.25, 0.3) is 0 Å². The van der Waals surface area contributed by atoms with Crippen molar-refractivity contribution < 1.29 is 0 Å². The highest BCUT2D eigenvalue weighted by Crippen LogP contribution is 1.95. The second-order valence-corrected chi connectivity index (χ2v) is 1.56. The Morgan fingerprint density at radius 3 is 2.00 bits per heavy atom. The van der Waals surface area contributed by atoms with Crippen LogP contribution in [0.5, 0.6) is 0 Å². The monoisotopic (exact) mass is 111 g/mol. The maximum absolute atomic E-state index is 3.72. The molecule has 0 amide bonds. The first-order valence-electron chi connectivity index (χ1n) is 2.71. The van der Waals surface area contributed by atoms with E-state index >= 15 is 0 Å². The summed E-state index contributed by atoms with van der Waals surface area (Å²) in [6.07, 6.45) is 5.07. The van der Waals surface area contributed by atoms with Crippen LogP contribution in [0.15, 0.2) is 0 Å². The molecule has 0 nitrogen and oxygen atoms in total. The van der Waals surface area contributed by atoms with Gasteiger partial charge in [-0.15, -0.1) is 0 Å². The molecule has 0 saturated heterocycles. The fourth-order valence-corrected chi connectivity index (χ4v) is 0.427. The zero-order valence-electron chi connectivity index (χ0n) is 4.54. The van der Waals surface area contributed by atoms with Crippen LogP contribution in [0.4, 0.5) is 0 Å². The number of unbranched alkanes of at least 4 members (excludes halogenated alkanes) is 3. The number of rotatable bonds is 3. The molecule has 0 aliphatic carbocycles. The van der Waals surface area contributed by atoms with Crippen molar-refractivity contribution in [3.63, 3.8) is 0 Å². The van der Waals surface area contributed by atoms with Crippen LogP contribution < -0.4 is 0 Å². The summed E-state index contributed by atoms with van der Waals surface area (Å²) in [5.74, 6) is 0. The topological polar surface area (TPSA) is 0 Å². The normalized spacial score (nSPS) is 7.71. The largest absolute Gasteiger partial charge is 0.316 e. The molecule has 7 heavy (non-hydrogen) atoms. The Morgan fingerprint density at radius 1 is 1.29 bits per heavy atom. The average molecular weight is 111 g/mol. The van der Waals surface area contributed by atoms with Crippen molar-refractivity contribution in [3.05, 3.63) is 6.92 Å². The van der Waals surface area contributed by atoms with Crippen LogP contribution in [0.3, 0.4) is 0 Å². The Hall–Kier alpha value is 0.766. The van der Waals surface area contributed by atoms with Gasteiger partial charge in [-0.25, -0.2) is 0 Å². The highest BCUT2D eigenvalue weighted by Gasteiger charge is 1.75. The lowest BCUT2D eigenvalue weighted by molar-refractivity contribution is 0.728. The second-order valence-electron chi connectivity index (χ2n) is 1.56. The molecule has 41 valence electrons. The van der Waals surface area contributed by atoms with Crippen molar-refractivity contribution >= 4 is 23.1 Å². The molecule has 0 heterocycles. The van der Waals surface area contributed by atoms with Gasteiger partial charge in [0.15, 0.2) is 0 Å². The van der Waals surface area contributed by atoms with E-state index in [2.05, 4.69) is 13.8 Å². The first-order chi connectivity index (χ1) is 2.91. The summed E-state index contributed by atoms with van der Waals surface area (Å²) < 4.78 is 0. The van der Waals surface area contributed by atoms with Crippen LogP contribution in [0.2, 0.25) is 0 Å². The summed E-state index contributed by atoms with van der Waals surface area (Å²) in [5, 5.41) is 0. The van der Waals surface area contributed by atoms with Gasteiger partial charge in [0.05, 0.1) is 0 Å². The molecule has 0 atom stereocenters. The summed E-state index contributed by atoms with van der Waals surface area (Å²) in [6.45, 7) is 5.93. The molecule has 0 bridgehead atoms. The Balaban J connectivity index is 0. The summed E-state index contributed by atoms with van der Waals surface area (Å²) in [7, 11) is 0. The zero-order valence-corrected chi connectivity index (χ0v) is 4.54. The molecule has 0 aliphatic rings. The molecule has 0 aromatic heterocycles. The molecule has 0 spiro atoms. The molecule has 0 N–H and O–H groups in total.